The average Bonchev–Trinajstić information content (AvgIpc) is 2.84. The van der Waals surface area contributed by atoms with Crippen molar-refractivity contribution >= 4 is 0 Å². The van der Waals surface area contributed by atoms with Crippen molar-refractivity contribution < 1.29 is 17.4 Å². The molecular weight excluding hydrogens is 270 g/mol. The van der Waals surface area contributed by atoms with Crippen molar-refractivity contribution in [1.82, 2.24) is 4.90 Å². The van der Waals surface area contributed by atoms with Crippen LogP contribution in [0.1, 0.15) is 47.0 Å². The first-order chi connectivity index (χ1) is 7.61. The zero-order valence-corrected chi connectivity index (χ0v) is 14.9. The van der Waals surface area contributed by atoms with Gasteiger partial charge in [0, 0.05) is 0 Å². The summed E-state index contributed by atoms with van der Waals surface area (Å²) in [5.41, 5.74) is 0. The van der Waals surface area contributed by atoms with Gasteiger partial charge in [-0.3, -0.25) is 0 Å². The van der Waals surface area contributed by atoms with Crippen molar-refractivity contribution in [3.8, 4) is 0 Å². The van der Waals surface area contributed by atoms with E-state index in [-0.39, 0.29) is 32.2 Å². The summed E-state index contributed by atoms with van der Waals surface area (Å²) in [6, 6.07) is 0. The summed E-state index contributed by atoms with van der Waals surface area (Å²) < 4.78 is 0. The van der Waals surface area contributed by atoms with E-state index in [1.54, 1.807) is 5.92 Å². The van der Waals surface area contributed by atoms with E-state index in [1.807, 2.05) is 0 Å². The minimum Gasteiger partial charge on any atom is -0.358 e. The largest absolute Gasteiger partial charge is 3.00 e. The molecule has 108 valence electrons. The third kappa shape index (κ3) is 4.76. The maximum atomic E-state index is 2.61. The van der Waals surface area contributed by atoms with Crippen molar-refractivity contribution in [2.24, 2.45) is 0 Å². The first kappa shape index (κ1) is 21.8. The molecule has 1 saturated carbocycles. The van der Waals surface area contributed by atoms with E-state index in [9.17, 15) is 0 Å². The van der Waals surface area contributed by atoms with Gasteiger partial charge >= 0.3 is 17.4 Å². The number of rotatable bonds is 3. The Bertz CT molecular complexity index is 211. The van der Waals surface area contributed by atoms with Gasteiger partial charge in [-0.2, -0.15) is 0 Å². The van der Waals surface area contributed by atoms with Crippen LogP contribution in [0.5, 0.6) is 0 Å². The van der Waals surface area contributed by atoms with Crippen molar-refractivity contribution in [2.45, 2.75) is 47.0 Å². The first-order valence-corrected chi connectivity index (χ1v) is 6.55. The Labute approximate surface area is 133 Å². The molecule has 0 aromatic carbocycles. The predicted octanol–water partition coefficient (Wildman–Crippen LogP) is 4.34. The Morgan fingerprint density at radius 3 is 1.63 bits per heavy atom. The third-order valence-corrected chi connectivity index (χ3v) is 4.47. The van der Waals surface area contributed by atoms with Gasteiger partial charge in [-0.05, 0) is 68.5 Å². The first-order valence-electron chi connectivity index (χ1n) is 6.55. The quantitative estimate of drug-likeness (QED) is 0.701. The molecule has 0 bridgehead atoms. The fraction of sp³-hybridized carbons (Fsp3) is 0.588. The molecule has 0 unspecified atom stereocenters. The summed E-state index contributed by atoms with van der Waals surface area (Å²) in [7, 11) is 0. The molecule has 2 aliphatic rings. The summed E-state index contributed by atoms with van der Waals surface area (Å²) >= 11 is 0. The van der Waals surface area contributed by atoms with Crippen molar-refractivity contribution in [1.29, 1.82) is 0 Å². The maximum absolute atomic E-state index is 2.61. The van der Waals surface area contributed by atoms with Gasteiger partial charge in [0.05, 0.1) is 0 Å². The fourth-order valence-corrected chi connectivity index (χ4v) is 2.95. The van der Waals surface area contributed by atoms with Crippen molar-refractivity contribution in [3.63, 3.8) is 0 Å². The van der Waals surface area contributed by atoms with Gasteiger partial charge in [0.25, 0.3) is 0 Å². The van der Waals surface area contributed by atoms with E-state index in [2.05, 4.69) is 32.6 Å². The van der Waals surface area contributed by atoms with Crippen LogP contribution in [0.4, 0.5) is 0 Å². The summed E-state index contributed by atoms with van der Waals surface area (Å²) in [6.07, 6.45) is 4.04. The molecule has 0 atom stereocenters. The second kappa shape index (κ2) is 9.43. The van der Waals surface area contributed by atoms with E-state index in [0.717, 1.165) is 0 Å². The Balaban J connectivity index is 0. The number of hydrogen-bond donors (Lipinski definition) is 0. The SMILES string of the molecule is C[C]1[C](C)[C](C)[C](CCN2CCCC2)[C]1C.[CH3-].[CH3-].[Cr+3]. The third-order valence-electron chi connectivity index (χ3n) is 4.47. The minimum absolute atomic E-state index is 0. The van der Waals surface area contributed by atoms with E-state index < -0.39 is 0 Å². The number of likely N-dealkylation sites (tertiary alicyclic amines) is 1. The predicted molar refractivity (Wildman–Crippen MR) is 82.0 cm³/mol. The van der Waals surface area contributed by atoms with Crippen LogP contribution in [0.25, 0.3) is 0 Å². The van der Waals surface area contributed by atoms with Crippen LogP contribution in [-0.2, 0) is 17.4 Å². The van der Waals surface area contributed by atoms with Gasteiger partial charge < -0.3 is 19.8 Å². The van der Waals surface area contributed by atoms with Crippen molar-refractivity contribution in [3.05, 3.63) is 44.4 Å². The Kier molecular flexibility index (Phi) is 10.8. The second-order valence-electron chi connectivity index (χ2n) is 5.28. The van der Waals surface area contributed by atoms with Gasteiger partial charge in [-0.15, -0.1) is 0 Å². The van der Waals surface area contributed by atoms with Gasteiger partial charge in [0.15, 0.2) is 0 Å². The molecule has 0 amide bonds. The van der Waals surface area contributed by atoms with E-state index in [1.165, 1.54) is 62.6 Å². The summed E-state index contributed by atoms with van der Waals surface area (Å²) in [4.78, 5) is 2.61. The summed E-state index contributed by atoms with van der Waals surface area (Å²) in [5, 5.41) is 0. The van der Waals surface area contributed by atoms with E-state index in [0.29, 0.717) is 0 Å². The van der Waals surface area contributed by atoms with Crippen LogP contribution in [0, 0.1) is 44.4 Å². The molecule has 0 N–H and O–H groups in total. The normalized spacial score (nSPS) is 24.0. The van der Waals surface area contributed by atoms with Crippen LogP contribution < -0.4 is 0 Å². The van der Waals surface area contributed by atoms with E-state index >= 15 is 0 Å². The zero-order chi connectivity index (χ0) is 11.7. The molecule has 0 aromatic rings. The Morgan fingerprint density at radius 1 is 0.789 bits per heavy atom. The van der Waals surface area contributed by atoms with E-state index in [4.69, 9.17) is 0 Å². The Morgan fingerprint density at radius 2 is 1.21 bits per heavy atom. The van der Waals surface area contributed by atoms with Gasteiger partial charge in [-0.25, -0.2) is 0 Å². The molecule has 2 fully saturated rings. The van der Waals surface area contributed by atoms with Gasteiger partial charge in [-0.1, -0.05) is 27.7 Å². The van der Waals surface area contributed by atoms with Crippen LogP contribution in [-0.4, -0.2) is 24.5 Å². The summed E-state index contributed by atoms with van der Waals surface area (Å²) in [5.74, 6) is 7.70. The smallest absolute Gasteiger partial charge is 0.358 e. The molecule has 1 nitrogen and oxygen atoms in total. The van der Waals surface area contributed by atoms with Crippen molar-refractivity contribution in [2.75, 3.05) is 19.6 Å². The molecule has 0 spiro atoms. The van der Waals surface area contributed by atoms with Crippen LogP contribution in [0.2, 0.25) is 0 Å². The fourth-order valence-electron chi connectivity index (χ4n) is 2.95. The Hall–Kier alpha value is 0.492. The molecule has 1 aliphatic carbocycles. The molecule has 2 heteroatoms. The average molecular weight is 300 g/mol. The number of nitrogens with zero attached hydrogens (tertiary/aromatic N) is 1. The molecular formula is C17H30CrN+. The number of hydrogen-bond acceptors (Lipinski definition) is 1. The molecule has 19 heavy (non-hydrogen) atoms. The molecule has 2 rings (SSSR count). The van der Waals surface area contributed by atoms with Gasteiger partial charge in [0.1, 0.15) is 0 Å². The van der Waals surface area contributed by atoms with Crippen LogP contribution in [0.15, 0.2) is 0 Å². The topological polar surface area (TPSA) is 3.24 Å². The molecule has 0 aromatic heterocycles. The maximum Gasteiger partial charge on any atom is 3.00 e. The molecule has 6 radical (unpaired) electrons. The van der Waals surface area contributed by atoms with Crippen LogP contribution in [0.3, 0.4) is 0 Å². The minimum atomic E-state index is 0. The van der Waals surface area contributed by atoms with Gasteiger partial charge in [0.2, 0.25) is 0 Å². The van der Waals surface area contributed by atoms with Crippen LogP contribution >= 0.6 is 0 Å². The standard InChI is InChI=1S/C15H24N.2CH3.Cr/c1-11-12(2)14(4)15(13(11)3)7-10-16-8-5-6-9-16;;;/h5-10H2,1-4H3;2*1H3;/q;2*-1;+3. The molecule has 1 aliphatic heterocycles. The monoisotopic (exact) mass is 300 g/mol. The molecule has 1 heterocycles. The zero-order valence-electron chi connectivity index (χ0n) is 13.6. The second-order valence-corrected chi connectivity index (χ2v) is 5.28. The molecule has 1 saturated heterocycles. The summed E-state index contributed by atoms with van der Waals surface area (Å²) in [6.45, 7) is 13.0.